The average molecular weight is 429 g/mol. The predicted octanol–water partition coefficient (Wildman–Crippen LogP) is 3.80. The number of benzene rings is 2. The number of rotatable bonds is 9. The number of nitrogens with zero attached hydrogens (tertiary/aromatic N) is 1. The fourth-order valence-electron chi connectivity index (χ4n) is 3.52. The third-order valence-corrected chi connectivity index (χ3v) is 5.19. The summed E-state index contributed by atoms with van der Waals surface area (Å²) in [5.41, 5.74) is 0.645. The highest BCUT2D eigenvalue weighted by Gasteiger charge is 2.24. The van der Waals surface area contributed by atoms with Crippen LogP contribution < -0.4 is 14.8 Å². The second kappa shape index (κ2) is 11.3. The summed E-state index contributed by atoms with van der Waals surface area (Å²) in [4.78, 5) is 26.7. The zero-order valence-electron chi connectivity index (χ0n) is 17.8. The molecule has 0 atom stereocenters. The second-order valence-electron chi connectivity index (χ2n) is 7.50. The molecule has 1 heterocycles. The van der Waals surface area contributed by atoms with Gasteiger partial charge >= 0.3 is 0 Å². The van der Waals surface area contributed by atoms with Gasteiger partial charge in [-0.2, -0.15) is 0 Å². The first kappa shape index (κ1) is 22.6. The van der Waals surface area contributed by atoms with Gasteiger partial charge in [0.2, 0.25) is 5.91 Å². The van der Waals surface area contributed by atoms with Crippen LogP contribution in [0.5, 0.6) is 11.5 Å². The lowest BCUT2D eigenvalue weighted by Gasteiger charge is -2.32. The van der Waals surface area contributed by atoms with Gasteiger partial charge in [-0.15, -0.1) is 0 Å². The van der Waals surface area contributed by atoms with E-state index in [1.54, 1.807) is 24.3 Å². The fraction of sp³-hybridized carbons (Fsp3) is 0.417. The first-order valence-electron chi connectivity index (χ1n) is 10.7. The van der Waals surface area contributed by atoms with E-state index in [2.05, 4.69) is 5.32 Å². The molecule has 2 amide bonds. The fourth-order valence-corrected chi connectivity index (χ4v) is 3.52. The van der Waals surface area contributed by atoms with Crippen LogP contribution in [0.3, 0.4) is 0 Å². The molecule has 0 radical (unpaired) electrons. The maximum atomic E-state index is 12.9. The van der Waals surface area contributed by atoms with Crippen LogP contribution >= 0.6 is 0 Å². The van der Waals surface area contributed by atoms with E-state index < -0.39 is 0 Å². The average Bonchev–Trinajstić information content (AvgIpc) is 2.79. The number of likely N-dealkylation sites (tertiary alicyclic amines) is 1. The van der Waals surface area contributed by atoms with Crippen molar-refractivity contribution in [2.45, 2.75) is 38.6 Å². The zero-order valence-corrected chi connectivity index (χ0v) is 17.8. The van der Waals surface area contributed by atoms with Crippen LogP contribution in [-0.4, -0.2) is 49.1 Å². The van der Waals surface area contributed by atoms with Gasteiger partial charge in [-0.25, -0.2) is 4.39 Å². The van der Waals surface area contributed by atoms with E-state index in [0.29, 0.717) is 50.5 Å². The number of carbonyl (C=O) groups excluding carboxylic acids is 2. The lowest BCUT2D eigenvalue weighted by molar-refractivity contribution is -0.122. The van der Waals surface area contributed by atoms with Crippen LogP contribution in [0.2, 0.25) is 0 Å². The largest absolute Gasteiger partial charge is 0.494 e. The smallest absolute Gasteiger partial charge is 0.253 e. The number of hydrogen-bond acceptors (Lipinski definition) is 4. The van der Waals surface area contributed by atoms with Crippen LogP contribution in [0.4, 0.5) is 4.39 Å². The first-order chi connectivity index (χ1) is 15.0. The van der Waals surface area contributed by atoms with Gasteiger partial charge < -0.3 is 19.7 Å². The Hall–Kier alpha value is -3.09. The molecular weight excluding hydrogens is 399 g/mol. The van der Waals surface area contributed by atoms with Crippen LogP contribution in [0.25, 0.3) is 0 Å². The Labute approximate surface area is 182 Å². The molecule has 166 valence electrons. The number of halogens is 1. The minimum absolute atomic E-state index is 0.00534. The normalized spacial score (nSPS) is 14.2. The second-order valence-corrected chi connectivity index (χ2v) is 7.50. The monoisotopic (exact) mass is 428 g/mol. The lowest BCUT2D eigenvalue weighted by atomic mass is 10.0. The molecule has 1 aliphatic rings. The van der Waals surface area contributed by atoms with Gasteiger partial charge in [-0.05, 0) is 74.7 Å². The van der Waals surface area contributed by atoms with E-state index in [-0.39, 0.29) is 23.7 Å². The summed E-state index contributed by atoms with van der Waals surface area (Å²) >= 11 is 0. The van der Waals surface area contributed by atoms with Gasteiger partial charge in [0, 0.05) is 31.1 Å². The zero-order chi connectivity index (χ0) is 22.1. The summed E-state index contributed by atoms with van der Waals surface area (Å²) in [6, 6.07) is 13.1. The van der Waals surface area contributed by atoms with Crippen molar-refractivity contribution in [3.05, 3.63) is 59.9 Å². The Balaban J connectivity index is 1.34. The molecule has 6 nitrogen and oxygen atoms in total. The molecule has 0 aliphatic carbocycles. The van der Waals surface area contributed by atoms with Crippen LogP contribution in [0.1, 0.15) is 43.0 Å². The molecule has 0 aromatic heterocycles. The Morgan fingerprint density at radius 3 is 2.26 bits per heavy atom. The lowest BCUT2D eigenvalue weighted by Crippen LogP contribution is -2.46. The van der Waals surface area contributed by atoms with E-state index in [1.807, 2.05) is 24.0 Å². The number of carbonyl (C=O) groups is 2. The van der Waals surface area contributed by atoms with E-state index in [0.717, 1.165) is 18.6 Å². The molecule has 7 heteroatoms. The van der Waals surface area contributed by atoms with Gasteiger partial charge in [0.1, 0.15) is 17.3 Å². The molecule has 0 saturated carbocycles. The molecule has 0 spiro atoms. The van der Waals surface area contributed by atoms with Crippen LogP contribution in [0.15, 0.2) is 48.5 Å². The summed E-state index contributed by atoms with van der Waals surface area (Å²) in [5.74, 6) is 1.03. The van der Waals surface area contributed by atoms with Gasteiger partial charge in [0.15, 0.2) is 0 Å². The van der Waals surface area contributed by atoms with Gasteiger partial charge in [0.05, 0.1) is 13.2 Å². The molecule has 31 heavy (non-hydrogen) atoms. The third kappa shape index (κ3) is 6.98. The Bertz CT molecular complexity index is 847. The van der Waals surface area contributed by atoms with Crippen molar-refractivity contribution in [2.75, 3.05) is 26.3 Å². The molecule has 0 unspecified atom stereocenters. The number of amides is 2. The highest BCUT2D eigenvalue weighted by Crippen LogP contribution is 2.17. The molecule has 1 saturated heterocycles. The highest BCUT2D eigenvalue weighted by atomic mass is 19.1. The summed E-state index contributed by atoms with van der Waals surface area (Å²) in [6.45, 7) is 4.14. The quantitative estimate of drug-likeness (QED) is 0.617. The van der Waals surface area contributed by atoms with Crippen molar-refractivity contribution in [2.24, 2.45) is 0 Å². The maximum absolute atomic E-state index is 12.9. The van der Waals surface area contributed by atoms with Crippen molar-refractivity contribution in [1.29, 1.82) is 0 Å². The molecule has 2 aromatic carbocycles. The predicted molar refractivity (Wildman–Crippen MR) is 116 cm³/mol. The van der Waals surface area contributed by atoms with Crippen molar-refractivity contribution in [3.63, 3.8) is 0 Å². The summed E-state index contributed by atoms with van der Waals surface area (Å²) in [6.07, 6.45) is 2.42. The van der Waals surface area contributed by atoms with Crippen molar-refractivity contribution in [1.82, 2.24) is 10.2 Å². The SMILES string of the molecule is CCOc1ccc(C(=O)N2CCC(NC(=O)CCCOc3ccc(F)cc3)CC2)cc1. The number of hydrogen-bond donors (Lipinski definition) is 1. The molecule has 1 aliphatic heterocycles. The van der Waals surface area contributed by atoms with Crippen molar-refractivity contribution >= 4 is 11.8 Å². The minimum atomic E-state index is -0.307. The maximum Gasteiger partial charge on any atom is 0.253 e. The van der Waals surface area contributed by atoms with Crippen molar-refractivity contribution < 1.29 is 23.5 Å². The van der Waals surface area contributed by atoms with E-state index >= 15 is 0 Å². The van der Waals surface area contributed by atoms with Crippen LogP contribution in [-0.2, 0) is 4.79 Å². The van der Waals surface area contributed by atoms with Crippen LogP contribution in [0, 0.1) is 5.82 Å². The first-order valence-corrected chi connectivity index (χ1v) is 10.7. The molecule has 2 aromatic rings. The van der Waals surface area contributed by atoms with E-state index in [4.69, 9.17) is 9.47 Å². The third-order valence-electron chi connectivity index (χ3n) is 5.19. The van der Waals surface area contributed by atoms with Gasteiger partial charge in [-0.1, -0.05) is 0 Å². The highest BCUT2D eigenvalue weighted by molar-refractivity contribution is 5.94. The molecule has 3 rings (SSSR count). The number of nitrogens with one attached hydrogen (secondary N) is 1. The summed E-state index contributed by atoms with van der Waals surface area (Å²) in [7, 11) is 0. The van der Waals surface area contributed by atoms with E-state index in [1.165, 1.54) is 12.1 Å². The summed E-state index contributed by atoms with van der Waals surface area (Å²) < 4.78 is 23.8. The number of ether oxygens (including phenoxy) is 2. The molecular formula is C24H29FN2O4. The standard InChI is InChI=1S/C24H29FN2O4/c1-2-30-21-9-5-18(6-10-21)24(29)27-15-13-20(14-16-27)26-23(28)4-3-17-31-22-11-7-19(25)8-12-22/h5-12,20H,2-4,13-17H2,1H3,(H,26,28). The molecule has 1 fully saturated rings. The molecule has 1 N–H and O–H groups in total. The van der Waals surface area contributed by atoms with Gasteiger partial charge in [0.25, 0.3) is 5.91 Å². The minimum Gasteiger partial charge on any atom is -0.494 e. The Kier molecular flexibility index (Phi) is 8.27. The van der Waals surface area contributed by atoms with E-state index in [9.17, 15) is 14.0 Å². The Morgan fingerprint density at radius 1 is 1.00 bits per heavy atom. The number of piperidine rings is 1. The topological polar surface area (TPSA) is 67.9 Å². The van der Waals surface area contributed by atoms with Gasteiger partial charge in [-0.3, -0.25) is 9.59 Å². The summed E-state index contributed by atoms with van der Waals surface area (Å²) in [5, 5.41) is 3.05. The van der Waals surface area contributed by atoms with Crippen molar-refractivity contribution in [3.8, 4) is 11.5 Å². The molecule has 0 bridgehead atoms. The Morgan fingerprint density at radius 2 is 1.61 bits per heavy atom.